The standard InChI is InChI=1S/2C3H2F6O/c4-1(3(7,8)9)10-2(5)6;4-2(5,6)1-10-3(7,8)9/h1-2H;1H2. The van der Waals surface area contributed by atoms with Crippen LogP contribution >= 0.6 is 0 Å². The van der Waals surface area contributed by atoms with Crippen LogP contribution in [0.25, 0.3) is 0 Å². The molecule has 0 N–H and O–H groups in total. The Morgan fingerprint density at radius 1 is 0.750 bits per heavy atom. The Morgan fingerprint density at radius 2 is 1.15 bits per heavy atom. The van der Waals surface area contributed by atoms with Crippen LogP contribution in [0, 0.1) is 0 Å². The van der Waals surface area contributed by atoms with Gasteiger partial charge in [0.15, 0.2) is 6.61 Å². The quantitative estimate of drug-likeness (QED) is 0.721. The topological polar surface area (TPSA) is 18.5 Å². The van der Waals surface area contributed by atoms with E-state index in [1.807, 2.05) is 0 Å². The van der Waals surface area contributed by atoms with Crippen LogP contribution in [0.2, 0.25) is 0 Å². The van der Waals surface area contributed by atoms with E-state index in [4.69, 9.17) is 0 Å². The molecule has 0 fully saturated rings. The van der Waals surface area contributed by atoms with Gasteiger partial charge in [-0.3, -0.25) is 9.47 Å². The summed E-state index contributed by atoms with van der Waals surface area (Å²) in [7, 11) is 0. The predicted molar refractivity (Wildman–Crippen MR) is 36.1 cm³/mol. The summed E-state index contributed by atoms with van der Waals surface area (Å²) in [5.41, 5.74) is 0. The van der Waals surface area contributed by atoms with Gasteiger partial charge in [-0.05, 0) is 0 Å². The molecule has 0 aliphatic carbocycles. The zero-order chi connectivity index (χ0) is 16.8. The molecule has 124 valence electrons. The van der Waals surface area contributed by atoms with E-state index in [9.17, 15) is 52.7 Å². The molecule has 1 atom stereocenters. The Hall–Kier alpha value is -0.920. The van der Waals surface area contributed by atoms with Gasteiger partial charge in [0.25, 0.3) is 6.36 Å². The number of alkyl halides is 12. The zero-order valence-corrected chi connectivity index (χ0v) is 8.71. The van der Waals surface area contributed by atoms with Gasteiger partial charge in [-0.1, -0.05) is 0 Å². The fourth-order valence-corrected chi connectivity index (χ4v) is 0.331. The number of halogens is 12. The highest BCUT2D eigenvalue weighted by Gasteiger charge is 2.43. The van der Waals surface area contributed by atoms with Gasteiger partial charge < -0.3 is 0 Å². The molecule has 0 rings (SSSR count). The van der Waals surface area contributed by atoms with Gasteiger partial charge >= 0.3 is 25.3 Å². The van der Waals surface area contributed by atoms with Crippen LogP contribution in [0.4, 0.5) is 52.7 Å². The van der Waals surface area contributed by atoms with Crippen molar-refractivity contribution in [2.45, 2.75) is 31.7 Å². The summed E-state index contributed by atoms with van der Waals surface area (Å²) >= 11 is 0. The third-order valence-corrected chi connectivity index (χ3v) is 0.879. The molecule has 0 spiro atoms. The second-order valence-electron chi connectivity index (χ2n) is 2.60. The maximum Gasteiger partial charge on any atom is 0.522 e. The Balaban J connectivity index is 0. The van der Waals surface area contributed by atoms with Crippen molar-refractivity contribution in [3.05, 3.63) is 0 Å². The molecule has 0 aliphatic heterocycles. The summed E-state index contributed by atoms with van der Waals surface area (Å²) in [6.07, 6.45) is -19.4. The lowest BCUT2D eigenvalue weighted by atomic mass is 10.7. The molecule has 0 radical (unpaired) electrons. The third-order valence-electron chi connectivity index (χ3n) is 0.879. The van der Waals surface area contributed by atoms with Crippen molar-refractivity contribution in [1.82, 2.24) is 0 Å². The molecular formula is C6H4F12O2. The van der Waals surface area contributed by atoms with Crippen molar-refractivity contribution in [1.29, 1.82) is 0 Å². The van der Waals surface area contributed by atoms with Crippen molar-refractivity contribution in [2.24, 2.45) is 0 Å². The minimum atomic E-state index is -5.38. The van der Waals surface area contributed by atoms with Crippen LogP contribution in [0.3, 0.4) is 0 Å². The minimum Gasteiger partial charge on any atom is -0.282 e. The SMILES string of the molecule is FC(F)(F)COC(F)(F)F.FC(F)OC(F)C(F)(F)F. The van der Waals surface area contributed by atoms with E-state index < -0.39 is 38.3 Å². The first kappa shape index (κ1) is 21.4. The van der Waals surface area contributed by atoms with Crippen molar-refractivity contribution in [3.63, 3.8) is 0 Å². The van der Waals surface area contributed by atoms with E-state index in [0.717, 1.165) is 0 Å². The molecule has 0 aromatic carbocycles. The molecule has 0 aliphatic rings. The van der Waals surface area contributed by atoms with Crippen LogP contribution in [-0.4, -0.2) is 38.3 Å². The molecular weight excluding hydrogens is 332 g/mol. The lowest BCUT2D eigenvalue weighted by molar-refractivity contribution is -0.352. The average Bonchev–Trinajstić information content (AvgIpc) is 2.11. The molecule has 0 saturated heterocycles. The highest BCUT2D eigenvalue weighted by Crippen LogP contribution is 2.25. The molecule has 20 heavy (non-hydrogen) atoms. The number of rotatable bonds is 3. The highest BCUT2D eigenvalue weighted by molar-refractivity contribution is 4.52. The molecule has 1 unspecified atom stereocenters. The van der Waals surface area contributed by atoms with Crippen molar-refractivity contribution in [2.75, 3.05) is 6.61 Å². The van der Waals surface area contributed by atoms with Crippen LogP contribution in [0.5, 0.6) is 0 Å². The van der Waals surface area contributed by atoms with Crippen molar-refractivity contribution in [3.8, 4) is 0 Å². The van der Waals surface area contributed by atoms with Crippen molar-refractivity contribution >= 4 is 0 Å². The molecule has 0 aromatic heterocycles. The summed E-state index contributed by atoms with van der Waals surface area (Å²) in [5, 5.41) is 0. The Morgan fingerprint density at radius 3 is 1.25 bits per heavy atom. The molecule has 0 bridgehead atoms. The van der Waals surface area contributed by atoms with Crippen LogP contribution in [0.1, 0.15) is 0 Å². The molecule has 0 aromatic rings. The van der Waals surface area contributed by atoms with Gasteiger partial charge in [-0.2, -0.15) is 35.1 Å². The van der Waals surface area contributed by atoms with E-state index in [0.29, 0.717) is 0 Å². The first-order valence-corrected chi connectivity index (χ1v) is 3.96. The summed E-state index contributed by atoms with van der Waals surface area (Å²) in [6, 6.07) is 0. The van der Waals surface area contributed by atoms with E-state index >= 15 is 0 Å². The van der Waals surface area contributed by atoms with Crippen LogP contribution < -0.4 is 0 Å². The monoisotopic (exact) mass is 336 g/mol. The second-order valence-corrected chi connectivity index (χ2v) is 2.60. The average molecular weight is 336 g/mol. The smallest absolute Gasteiger partial charge is 0.282 e. The molecule has 2 nitrogen and oxygen atoms in total. The first-order chi connectivity index (χ1) is 8.54. The highest BCUT2D eigenvalue weighted by atomic mass is 19.4. The Labute approximate surface area is 102 Å². The van der Waals surface area contributed by atoms with E-state index in [-0.39, 0.29) is 0 Å². The van der Waals surface area contributed by atoms with Gasteiger partial charge in [0.05, 0.1) is 0 Å². The predicted octanol–water partition coefficient (Wildman–Crippen LogP) is 4.17. The third kappa shape index (κ3) is 17.1. The molecule has 0 heterocycles. The number of hydrogen-bond donors (Lipinski definition) is 0. The summed E-state index contributed by atoms with van der Waals surface area (Å²) < 4.78 is 136. The van der Waals surface area contributed by atoms with E-state index in [2.05, 4.69) is 9.47 Å². The fraction of sp³-hybridized carbons (Fsp3) is 1.00. The second kappa shape index (κ2) is 7.75. The first-order valence-electron chi connectivity index (χ1n) is 3.96. The van der Waals surface area contributed by atoms with Crippen LogP contribution in [0.15, 0.2) is 0 Å². The largest absolute Gasteiger partial charge is 0.522 e. The molecule has 0 saturated carbocycles. The van der Waals surface area contributed by atoms with Gasteiger partial charge in [0, 0.05) is 0 Å². The maximum atomic E-state index is 11.3. The normalized spacial score (nSPS) is 14.8. The zero-order valence-electron chi connectivity index (χ0n) is 8.71. The Kier molecular flexibility index (Phi) is 8.29. The molecule has 0 amide bonds. The van der Waals surface area contributed by atoms with Gasteiger partial charge in [0.1, 0.15) is 0 Å². The van der Waals surface area contributed by atoms with Crippen molar-refractivity contribution < 1.29 is 62.2 Å². The lowest BCUT2D eigenvalue weighted by Crippen LogP contribution is -2.28. The van der Waals surface area contributed by atoms with Gasteiger partial charge in [0.2, 0.25) is 0 Å². The summed E-state index contributed by atoms with van der Waals surface area (Å²) in [4.78, 5) is 0. The fourth-order valence-electron chi connectivity index (χ4n) is 0.331. The number of ether oxygens (including phenoxy) is 2. The Bertz CT molecular complexity index is 238. The summed E-state index contributed by atoms with van der Waals surface area (Å²) in [6.45, 7) is -6.05. The van der Waals surface area contributed by atoms with E-state index in [1.54, 1.807) is 0 Å². The number of hydrogen-bond acceptors (Lipinski definition) is 2. The lowest BCUT2D eigenvalue weighted by Gasteiger charge is -2.11. The minimum absolute atomic E-state index is 2.30. The van der Waals surface area contributed by atoms with Gasteiger partial charge in [-0.15, -0.1) is 13.2 Å². The van der Waals surface area contributed by atoms with Gasteiger partial charge in [-0.25, -0.2) is 4.39 Å². The summed E-state index contributed by atoms with van der Waals surface area (Å²) in [5.74, 6) is 0. The van der Waals surface area contributed by atoms with E-state index in [1.165, 1.54) is 0 Å². The molecule has 14 heteroatoms. The maximum absolute atomic E-state index is 11.3. The van der Waals surface area contributed by atoms with Crippen LogP contribution in [-0.2, 0) is 9.47 Å².